The topological polar surface area (TPSA) is 42.4 Å². The van der Waals surface area contributed by atoms with Gasteiger partial charge < -0.3 is 9.64 Å². The van der Waals surface area contributed by atoms with Gasteiger partial charge in [0, 0.05) is 26.0 Å². The largest absolute Gasteiger partial charge is 0.483 e. The molecule has 0 bridgehead atoms. The molecule has 0 aliphatic rings. The zero-order chi connectivity index (χ0) is 15.9. The quantitative estimate of drug-likeness (QED) is 0.823. The van der Waals surface area contributed by atoms with Gasteiger partial charge in [-0.05, 0) is 55.2 Å². The first-order chi connectivity index (χ1) is 10.6. The third-order valence-corrected chi connectivity index (χ3v) is 3.82. The van der Waals surface area contributed by atoms with Gasteiger partial charge in [0.25, 0.3) is 5.91 Å². The molecule has 1 aromatic heterocycles. The lowest BCUT2D eigenvalue weighted by atomic mass is 10.1. The van der Waals surface area contributed by atoms with Gasteiger partial charge in [-0.2, -0.15) is 0 Å². The fourth-order valence-electron chi connectivity index (χ4n) is 2.10. The molecule has 116 valence electrons. The fourth-order valence-corrected chi connectivity index (χ4v) is 2.10. The highest BCUT2D eigenvalue weighted by Crippen LogP contribution is 2.20. The molecule has 0 saturated carbocycles. The summed E-state index contributed by atoms with van der Waals surface area (Å²) in [6.07, 6.45) is 4.34. The Morgan fingerprint density at radius 2 is 1.91 bits per heavy atom. The maximum Gasteiger partial charge on any atom is 0.260 e. The van der Waals surface area contributed by atoms with Crippen LogP contribution in [0.5, 0.6) is 5.75 Å². The van der Waals surface area contributed by atoms with Crippen LogP contribution in [-0.2, 0) is 11.2 Å². The molecule has 0 aliphatic carbocycles. The lowest BCUT2D eigenvalue weighted by molar-refractivity contribution is -0.132. The first kappa shape index (κ1) is 16.0. The van der Waals surface area contributed by atoms with E-state index in [1.165, 1.54) is 5.56 Å². The molecule has 0 atom stereocenters. The van der Waals surface area contributed by atoms with Crippen LogP contribution in [0.4, 0.5) is 0 Å². The Balaban J connectivity index is 1.82. The Bertz CT molecular complexity index is 626. The highest BCUT2D eigenvalue weighted by molar-refractivity contribution is 5.77. The van der Waals surface area contributed by atoms with Gasteiger partial charge in [0.1, 0.15) is 5.75 Å². The lowest BCUT2D eigenvalue weighted by Crippen LogP contribution is -2.33. The zero-order valence-corrected chi connectivity index (χ0v) is 13.4. The molecule has 1 aromatic carbocycles. The maximum atomic E-state index is 12.1. The third-order valence-electron chi connectivity index (χ3n) is 3.82. The number of pyridine rings is 1. The van der Waals surface area contributed by atoms with Crippen LogP contribution in [0.15, 0.2) is 42.7 Å². The average molecular weight is 298 g/mol. The van der Waals surface area contributed by atoms with E-state index in [0.29, 0.717) is 6.54 Å². The van der Waals surface area contributed by atoms with Crippen molar-refractivity contribution in [2.75, 3.05) is 20.2 Å². The van der Waals surface area contributed by atoms with Crippen LogP contribution in [0.2, 0.25) is 0 Å². The highest BCUT2D eigenvalue weighted by atomic mass is 16.5. The highest BCUT2D eigenvalue weighted by Gasteiger charge is 2.11. The van der Waals surface area contributed by atoms with Crippen LogP contribution in [-0.4, -0.2) is 36.0 Å². The number of nitrogens with zero attached hydrogens (tertiary/aromatic N) is 2. The van der Waals surface area contributed by atoms with Crippen molar-refractivity contribution >= 4 is 5.91 Å². The van der Waals surface area contributed by atoms with Gasteiger partial charge in [0.2, 0.25) is 0 Å². The molecule has 0 aliphatic heterocycles. The van der Waals surface area contributed by atoms with Crippen molar-refractivity contribution in [1.82, 2.24) is 9.88 Å². The van der Waals surface area contributed by atoms with Crippen LogP contribution < -0.4 is 4.74 Å². The summed E-state index contributed by atoms with van der Waals surface area (Å²) in [5.41, 5.74) is 3.41. The van der Waals surface area contributed by atoms with Crippen molar-refractivity contribution < 1.29 is 9.53 Å². The molecule has 22 heavy (non-hydrogen) atoms. The summed E-state index contributed by atoms with van der Waals surface area (Å²) in [4.78, 5) is 17.8. The second-order valence-electron chi connectivity index (χ2n) is 5.41. The monoisotopic (exact) mass is 298 g/mol. The number of hydrogen-bond donors (Lipinski definition) is 0. The molecule has 1 heterocycles. The van der Waals surface area contributed by atoms with Crippen molar-refractivity contribution in [2.45, 2.75) is 20.3 Å². The first-order valence-corrected chi connectivity index (χ1v) is 7.40. The average Bonchev–Trinajstić information content (AvgIpc) is 2.54. The van der Waals surface area contributed by atoms with Gasteiger partial charge in [0.15, 0.2) is 6.61 Å². The number of amides is 1. The molecule has 0 fully saturated rings. The van der Waals surface area contributed by atoms with Crippen LogP contribution in [0.25, 0.3) is 0 Å². The number of aromatic nitrogens is 1. The third kappa shape index (κ3) is 4.32. The minimum atomic E-state index is -0.0186. The number of rotatable bonds is 6. The van der Waals surface area contributed by atoms with Gasteiger partial charge in [-0.15, -0.1) is 0 Å². The van der Waals surface area contributed by atoms with Gasteiger partial charge in [-0.1, -0.05) is 12.1 Å². The Morgan fingerprint density at radius 3 is 2.64 bits per heavy atom. The number of carbonyl (C=O) groups is 1. The molecule has 0 unspecified atom stereocenters. The van der Waals surface area contributed by atoms with Crippen LogP contribution >= 0.6 is 0 Å². The second kappa shape index (κ2) is 7.59. The summed E-state index contributed by atoms with van der Waals surface area (Å²) >= 11 is 0. The van der Waals surface area contributed by atoms with E-state index in [2.05, 4.69) is 4.98 Å². The molecule has 0 N–H and O–H groups in total. The molecule has 2 aromatic rings. The normalized spacial score (nSPS) is 10.3. The number of ether oxygens (including phenoxy) is 1. The lowest BCUT2D eigenvalue weighted by Gasteiger charge is -2.18. The van der Waals surface area contributed by atoms with E-state index < -0.39 is 0 Å². The Hall–Kier alpha value is -2.36. The molecule has 4 heteroatoms. The van der Waals surface area contributed by atoms with E-state index in [9.17, 15) is 4.79 Å². The van der Waals surface area contributed by atoms with Gasteiger partial charge in [-0.25, -0.2) is 0 Å². The predicted octanol–water partition coefficient (Wildman–Crippen LogP) is 2.78. The standard InChI is InChI=1S/C18H22N2O2/c1-14-5-4-6-17(15(14)2)22-13-18(21)20(3)12-9-16-7-10-19-11-8-16/h4-8,10-11H,9,12-13H2,1-3H3. The Labute approximate surface area is 131 Å². The van der Waals surface area contributed by atoms with Crippen LogP contribution in [0.3, 0.4) is 0 Å². The van der Waals surface area contributed by atoms with Gasteiger partial charge in [0.05, 0.1) is 0 Å². The van der Waals surface area contributed by atoms with Crippen LogP contribution in [0, 0.1) is 13.8 Å². The van der Waals surface area contributed by atoms with Crippen LogP contribution in [0.1, 0.15) is 16.7 Å². The Kier molecular flexibility index (Phi) is 5.53. The van der Waals surface area contributed by atoms with E-state index in [1.807, 2.05) is 44.2 Å². The molecule has 4 nitrogen and oxygen atoms in total. The van der Waals surface area contributed by atoms with Crippen molar-refractivity contribution in [1.29, 1.82) is 0 Å². The molecule has 1 amide bonds. The predicted molar refractivity (Wildman–Crippen MR) is 87.0 cm³/mol. The molecular weight excluding hydrogens is 276 g/mol. The maximum absolute atomic E-state index is 12.1. The molecular formula is C18H22N2O2. The minimum Gasteiger partial charge on any atom is -0.483 e. The molecule has 0 spiro atoms. The summed E-state index contributed by atoms with van der Waals surface area (Å²) in [5, 5.41) is 0. The first-order valence-electron chi connectivity index (χ1n) is 7.40. The Morgan fingerprint density at radius 1 is 1.18 bits per heavy atom. The molecule has 0 saturated heterocycles. The molecule has 0 radical (unpaired) electrons. The van der Waals surface area contributed by atoms with Crippen molar-refractivity contribution in [3.05, 3.63) is 59.4 Å². The van der Waals surface area contributed by atoms with E-state index in [-0.39, 0.29) is 12.5 Å². The zero-order valence-electron chi connectivity index (χ0n) is 13.4. The second-order valence-corrected chi connectivity index (χ2v) is 5.41. The van der Waals surface area contributed by atoms with E-state index in [1.54, 1.807) is 24.3 Å². The molecule has 2 rings (SSSR count). The summed E-state index contributed by atoms with van der Waals surface area (Å²) in [6.45, 7) is 4.77. The summed E-state index contributed by atoms with van der Waals surface area (Å²) in [6, 6.07) is 9.79. The smallest absolute Gasteiger partial charge is 0.260 e. The summed E-state index contributed by atoms with van der Waals surface area (Å²) in [7, 11) is 1.80. The number of likely N-dealkylation sites (N-methyl/N-ethyl adjacent to an activating group) is 1. The van der Waals surface area contributed by atoms with E-state index in [4.69, 9.17) is 4.74 Å². The van der Waals surface area contributed by atoms with Gasteiger partial charge >= 0.3 is 0 Å². The van der Waals surface area contributed by atoms with Gasteiger partial charge in [-0.3, -0.25) is 9.78 Å². The summed E-state index contributed by atoms with van der Waals surface area (Å²) < 4.78 is 5.65. The number of benzene rings is 1. The number of carbonyl (C=O) groups excluding carboxylic acids is 1. The number of aryl methyl sites for hydroxylation is 1. The minimum absolute atomic E-state index is 0.0186. The fraction of sp³-hybridized carbons (Fsp3) is 0.333. The van der Waals surface area contributed by atoms with Crippen molar-refractivity contribution in [2.24, 2.45) is 0 Å². The van der Waals surface area contributed by atoms with E-state index in [0.717, 1.165) is 23.3 Å². The van der Waals surface area contributed by atoms with E-state index >= 15 is 0 Å². The number of hydrogen-bond acceptors (Lipinski definition) is 3. The van der Waals surface area contributed by atoms with Crippen molar-refractivity contribution in [3.8, 4) is 5.75 Å². The van der Waals surface area contributed by atoms with Crippen molar-refractivity contribution in [3.63, 3.8) is 0 Å². The SMILES string of the molecule is Cc1cccc(OCC(=O)N(C)CCc2ccncc2)c1C. The summed E-state index contributed by atoms with van der Waals surface area (Å²) in [5.74, 6) is 0.755.